The van der Waals surface area contributed by atoms with Crippen molar-refractivity contribution in [2.24, 2.45) is 0 Å². The van der Waals surface area contributed by atoms with E-state index >= 15 is 0 Å². The maximum atomic E-state index is 12.9. The van der Waals surface area contributed by atoms with Gasteiger partial charge in [-0.2, -0.15) is 0 Å². The first kappa shape index (κ1) is 13.8. The van der Waals surface area contributed by atoms with E-state index in [0.717, 1.165) is 5.56 Å². The smallest absolute Gasteiger partial charge is 0.151 e. The monoisotopic (exact) mass is 291 g/mol. The molecule has 1 aromatic rings. The van der Waals surface area contributed by atoms with Crippen LogP contribution in [0, 0.1) is 5.82 Å². The van der Waals surface area contributed by atoms with Crippen molar-refractivity contribution in [3.8, 4) is 0 Å². The minimum absolute atomic E-state index is 0.0242. The molecule has 0 unspecified atom stereocenters. The SMILES string of the molecule is CN(Cc1ccc(F)cc1Cl)[C@@H]1CCS(=O)(=O)C1. The lowest BCUT2D eigenvalue weighted by Crippen LogP contribution is -2.32. The van der Waals surface area contributed by atoms with Crippen molar-refractivity contribution in [2.75, 3.05) is 18.6 Å². The Morgan fingerprint density at radius 2 is 2.22 bits per heavy atom. The average Bonchev–Trinajstić information content (AvgIpc) is 2.63. The van der Waals surface area contributed by atoms with Gasteiger partial charge in [0.15, 0.2) is 9.84 Å². The lowest BCUT2D eigenvalue weighted by Gasteiger charge is -2.23. The fraction of sp³-hybridized carbons (Fsp3) is 0.500. The minimum Gasteiger partial charge on any atom is -0.298 e. The van der Waals surface area contributed by atoms with Crippen LogP contribution in [0.5, 0.6) is 0 Å². The number of sulfone groups is 1. The van der Waals surface area contributed by atoms with Gasteiger partial charge in [-0.05, 0) is 31.2 Å². The van der Waals surface area contributed by atoms with Crippen LogP contribution in [-0.4, -0.2) is 37.9 Å². The zero-order valence-electron chi connectivity index (χ0n) is 10.1. The molecule has 0 amide bonds. The van der Waals surface area contributed by atoms with E-state index in [1.807, 2.05) is 11.9 Å². The van der Waals surface area contributed by atoms with Crippen molar-refractivity contribution in [3.05, 3.63) is 34.6 Å². The maximum Gasteiger partial charge on any atom is 0.151 e. The van der Waals surface area contributed by atoms with Crippen LogP contribution < -0.4 is 0 Å². The van der Waals surface area contributed by atoms with Crippen LogP contribution >= 0.6 is 11.6 Å². The predicted octanol–water partition coefficient (Wildman–Crippen LogP) is 2.10. The largest absolute Gasteiger partial charge is 0.298 e. The summed E-state index contributed by atoms with van der Waals surface area (Å²) in [5, 5.41) is 0.378. The highest BCUT2D eigenvalue weighted by atomic mass is 35.5. The number of halogens is 2. The van der Waals surface area contributed by atoms with Crippen LogP contribution in [0.3, 0.4) is 0 Å². The van der Waals surface area contributed by atoms with Crippen LogP contribution in [0.15, 0.2) is 18.2 Å². The van der Waals surface area contributed by atoms with Gasteiger partial charge in [0.25, 0.3) is 0 Å². The van der Waals surface area contributed by atoms with Gasteiger partial charge in [0.2, 0.25) is 0 Å². The molecule has 0 bridgehead atoms. The summed E-state index contributed by atoms with van der Waals surface area (Å²) in [6, 6.07) is 4.30. The van der Waals surface area contributed by atoms with Gasteiger partial charge in [-0.15, -0.1) is 0 Å². The third kappa shape index (κ3) is 3.22. The van der Waals surface area contributed by atoms with Gasteiger partial charge < -0.3 is 0 Å². The number of hydrogen-bond acceptors (Lipinski definition) is 3. The van der Waals surface area contributed by atoms with Gasteiger partial charge in [-0.3, -0.25) is 4.90 Å². The van der Waals surface area contributed by atoms with Crippen molar-refractivity contribution in [1.82, 2.24) is 4.90 Å². The van der Waals surface area contributed by atoms with Gasteiger partial charge in [-0.25, -0.2) is 12.8 Å². The van der Waals surface area contributed by atoms with Crippen molar-refractivity contribution in [1.29, 1.82) is 0 Å². The highest BCUT2D eigenvalue weighted by molar-refractivity contribution is 7.91. The molecule has 0 spiro atoms. The number of hydrogen-bond donors (Lipinski definition) is 0. The first-order chi connectivity index (χ1) is 8.37. The summed E-state index contributed by atoms with van der Waals surface area (Å²) in [6.07, 6.45) is 0.650. The average molecular weight is 292 g/mol. The van der Waals surface area contributed by atoms with Crippen molar-refractivity contribution < 1.29 is 12.8 Å². The van der Waals surface area contributed by atoms with E-state index in [9.17, 15) is 12.8 Å². The van der Waals surface area contributed by atoms with E-state index in [2.05, 4.69) is 0 Å². The molecule has 2 rings (SSSR count). The predicted molar refractivity (Wildman–Crippen MR) is 69.9 cm³/mol. The van der Waals surface area contributed by atoms with E-state index in [4.69, 9.17) is 11.6 Å². The Morgan fingerprint density at radius 1 is 1.50 bits per heavy atom. The van der Waals surface area contributed by atoms with Crippen LogP contribution in [-0.2, 0) is 16.4 Å². The third-order valence-electron chi connectivity index (χ3n) is 3.27. The molecule has 1 fully saturated rings. The normalized spacial score (nSPS) is 22.6. The zero-order valence-corrected chi connectivity index (χ0v) is 11.6. The van der Waals surface area contributed by atoms with E-state index in [0.29, 0.717) is 18.0 Å². The summed E-state index contributed by atoms with van der Waals surface area (Å²) in [5.74, 6) is 0.0800. The summed E-state index contributed by atoms with van der Waals surface area (Å²) >= 11 is 5.95. The molecule has 0 aliphatic carbocycles. The molecule has 1 aromatic carbocycles. The fourth-order valence-corrected chi connectivity index (χ4v) is 4.20. The maximum absolute atomic E-state index is 12.9. The van der Waals surface area contributed by atoms with Gasteiger partial charge in [-0.1, -0.05) is 17.7 Å². The molecular formula is C12H15ClFNO2S. The number of nitrogens with zero attached hydrogens (tertiary/aromatic N) is 1. The highest BCUT2D eigenvalue weighted by Gasteiger charge is 2.30. The Kier molecular flexibility index (Phi) is 3.94. The molecule has 1 aliphatic rings. The zero-order chi connectivity index (χ0) is 13.3. The summed E-state index contributed by atoms with van der Waals surface area (Å²) in [6.45, 7) is 0.527. The lowest BCUT2D eigenvalue weighted by atomic mass is 10.1. The van der Waals surface area contributed by atoms with E-state index in [-0.39, 0.29) is 23.4 Å². The Morgan fingerprint density at radius 3 is 2.78 bits per heavy atom. The molecule has 1 aliphatic heterocycles. The van der Waals surface area contributed by atoms with Gasteiger partial charge in [0.05, 0.1) is 11.5 Å². The second-order valence-corrected chi connectivity index (χ2v) is 7.34. The minimum atomic E-state index is -2.88. The third-order valence-corrected chi connectivity index (χ3v) is 5.37. The molecule has 1 atom stereocenters. The van der Waals surface area contributed by atoms with Gasteiger partial charge >= 0.3 is 0 Å². The van der Waals surface area contributed by atoms with Crippen molar-refractivity contribution in [3.63, 3.8) is 0 Å². The number of benzene rings is 1. The van der Waals surface area contributed by atoms with Gasteiger partial charge in [0, 0.05) is 17.6 Å². The molecule has 3 nitrogen and oxygen atoms in total. The van der Waals surface area contributed by atoms with E-state index in [1.54, 1.807) is 6.07 Å². The Bertz CT molecular complexity index is 547. The molecule has 1 saturated heterocycles. The Labute approximate surface area is 111 Å². The summed E-state index contributed by atoms with van der Waals surface area (Å²) in [4.78, 5) is 1.96. The second-order valence-electron chi connectivity index (χ2n) is 4.71. The molecule has 18 heavy (non-hydrogen) atoms. The topological polar surface area (TPSA) is 37.4 Å². The summed E-state index contributed by atoms with van der Waals surface area (Å²) < 4.78 is 35.7. The molecule has 0 aromatic heterocycles. The Balaban J connectivity index is 2.05. The first-order valence-corrected chi connectivity index (χ1v) is 7.92. The van der Waals surface area contributed by atoms with E-state index in [1.165, 1.54) is 12.1 Å². The molecule has 0 N–H and O–H groups in total. The molecule has 6 heteroatoms. The van der Waals surface area contributed by atoms with Crippen molar-refractivity contribution in [2.45, 2.75) is 19.0 Å². The summed E-state index contributed by atoms with van der Waals surface area (Å²) in [7, 11) is -1.02. The van der Waals surface area contributed by atoms with Crippen molar-refractivity contribution >= 4 is 21.4 Å². The fourth-order valence-electron chi connectivity index (χ4n) is 2.17. The Hall–Kier alpha value is -0.650. The standard InChI is InChI=1S/C12H15ClFNO2S/c1-15(11-4-5-18(16,17)8-11)7-9-2-3-10(14)6-12(9)13/h2-3,6,11H,4-5,7-8H2,1H3/t11-/m1/s1. The summed E-state index contributed by atoms with van der Waals surface area (Å²) in [5.41, 5.74) is 0.810. The quantitative estimate of drug-likeness (QED) is 0.856. The highest BCUT2D eigenvalue weighted by Crippen LogP contribution is 2.22. The first-order valence-electron chi connectivity index (χ1n) is 5.72. The molecule has 0 saturated carbocycles. The lowest BCUT2D eigenvalue weighted by molar-refractivity contribution is 0.254. The van der Waals surface area contributed by atoms with E-state index < -0.39 is 9.84 Å². The van der Waals surface area contributed by atoms with Crippen LogP contribution in [0.1, 0.15) is 12.0 Å². The number of rotatable bonds is 3. The van der Waals surface area contributed by atoms with Crippen LogP contribution in [0.4, 0.5) is 4.39 Å². The van der Waals surface area contributed by atoms with Crippen LogP contribution in [0.2, 0.25) is 5.02 Å². The molecule has 0 radical (unpaired) electrons. The van der Waals surface area contributed by atoms with Gasteiger partial charge in [0.1, 0.15) is 5.82 Å². The van der Waals surface area contributed by atoms with Crippen LogP contribution in [0.25, 0.3) is 0 Å². The molecule has 1 heterocycles. The molecular weight excluding hydrogens is 277 g/mol. The molecule has 100 valence electrons. The second kappa shape index (κ2) is 5.15.